The third-order valence-electron chi connectivity index (χ3n) is 4.39. The minimum Gasteiger partial charge on any atom is -0.404 e. The Morgan fingerprint density at radius 3 is 2.32 bits per heavy atom. The van der Waals surface area contributed by atoms with E-state index in [1.165, 1.54) is 0 Å². The van der Waals surface area contributed by atoms with E-state index in [0.29, 0.717) is 16.8 Å². The van der Waals surface area contributed by atoms with Crippen LogP contribution in [0.3, 0.4) is 0 Å². The highest BCUT2D eigenvalue weighted by Crippen LogP contribution is 2.18. The first kappa shape index (κ1) is 19.2. The van der Waals surface area contributed by atoms with E-state index in [1.54, 1.807) is 42.5 Å². The molecular weight excluding hydrogens is 350 g/mol. The van der Waals surface area contributed by atoms with Crippen LogP contribution in [-0.4, -0.2) is 16.7 Å². The summed E-state index contributed by atoms with van der Waals surface area (Å²) in [5.41, 5.74) is 4.33. The van der Waals surface area contributed by atoms with Crippen LogP contribution < -0.4 is 4.74 Å². The van der Waals surface area contributed by atoms with Gasteiger partial charge in [0.15, 0.2) is 5.78 Å². The molecule has 0 aliphatic heterocycles. The van der Waals surface area contributed by atoms with Crippen molar-refractivity contribution in [1.82, 2.24) is 4.98 Å². The molecule has 0 aliphatic carbocycles. The van der Waals surface area contributed by atoms with Crippen molar-refractivity contribution in [2.45, 2.75) is 20.3 Å². The van der Waals surface area contributed by atoms with Gasteiger partial charge in [0.2, 0.25) is 5.88 Å². The van der Waals surface area contributed by atoms with E-state index < -0.39 is 5.97 Å². The third-order valence-corrected chi connectivity index (χ3v) is 4.39. The maximum atomic E-state index is 12.7. The molecule has 4 nitrogen and oxygen atoms in total. The second-order valence-corrected chi connectivity index (χ2v) is 6.63. The smallest absolute Gasteiger partial charge is 0.344 e. The average Bonchev–Trinajstić information content (AvgIpc) is 2.71. The zero-order valence-electron chi connectivity index (χ0n) is 15.9. The molecule has 1 aromatic heterocycles. The molecule has 140 valence electrons. The number of aryl methyl sites for hydroxylation is 1. The molecule has 0 aliphatic rings. The molecule has 0 unspecified atom stereocenters. The van der Waals surface area contributed by atoms with Gasteiger partial charge in [0.25, 0.3) is 0 Å². The number of benzene rings is 2. The standard InChI is InChI=1S/C24H21NO3/c1-16(2)19-10-7-11-20(14-19)22(26)15-21-17(3)12-13-23(25-21)28-24(27)18-8-5-4-6-9-18/h4-14H,1,15H2,2-3H3. The maximum absolute atomic E-state index is 12.7. The van der Waals surface area contributed by atoms with Crippen molar-refractivity contribution in [1.29, 1.82) is 0 Å². The Kier molecular flexibility index (Phi) is 5.80. The number of nitrogens with zero attached hydrogens (tertiary/aromatic N) is 1. The van der Waals surface area contributed by atoms with E-state index in [4.69, 9.17) is 4.74 Å². The van der Waals surface area contributed by atoms with Crippen LogP contribution in [-0.2, 0) is 6.42 Å². The van der Waals surface area contributed by atoms with Crippen LogP contribution in [0.4, 0.5) is 0 Å². The molecule has 0 bridgehead atoms. The Bertz CT molecular complexity index is 1040. The monoisotopic (exact) mass is 371 g/mol. The Morgan fingerprint density at radius 2 is 1.61 bits per heavy atom. The number of ketones is 1. The molecule has 0 saturated carbocycles. The number of carbonyl (C=O) groups excluding carboxylic acids is 2. The van der Waals surface area contributed by atoms with Crippen LogP contribution in [0, 0.1) is 6.92 Å². The number of esters is 1. The molecule has 0 saturated heterocycles. The SMILES string of the molecule is C=C(C)c1cccc(C(=O)Cc2nc(OC(=O)c3ccccc3)ccc2C)c1. The van der Waals surface area contributed by atoms with Crippen LogP contribution in [0.5, 0.6) is 5.88 Å². The van der Waals surface area contributed by atoms with E-state index in [-0.39, 0.29) is 18.1 Å². The summed E-state index contributed by atoms with van der Waals surface area (Å²) >= 11 is 0. The van der Waals surface area contributed by atoms with Gasteiger partial charge < -0.3 is 4.74 Å². The van der Waals surface area contributed by atoms with Crippen LogP contribution in [0.1, 0.15) is 44.5 Å². The van der Waals surface area contributed by atoms with Crippen LogP contribution in [0.15, 0.2) is 73.3 Å². The van der Waals surface area contributed by atoms with E-state index in [1.807, 2.05) is 38.1 Å². The van der Waals surface area contributed by atoms with Gasteiger partial charge in [0.1, 0.15) is 0 Å². The predicted molar refractivity (Wildman–Crippen MR) is 110 cm³/mol. The van der Waals surface area contributed by atoms with Crippen molar-refractivity contribution in [3.8, 4) is 5.88 Å². The van der Waals surface area contributed by atoms with Crippen molar-refractivity contribution < 1.29 is 14.3 Å². The van der Waals surface area contributed by atoms with E-state index in [9.17, 15) is 9.59 Å². The molecule has 3 rings (SSSR count). The Labute approximate surface area is 164 Å². The van der Waals surface area contributed by atoms with Gasteiger partial charge in [-0.25, -0.2) is 9.78 Å². The molecule has 3 aromatic rings. The van der Waals surface area contributed by atoms with Crippen molar-refractivity contribution in [2.24, 2.45) is 0 Å². The summed E-state index contributed by atoms with van der Waals surface area (Å²) in [5, 5.41) is 0. The van der Waals surface area contributed by atoms with E-state index >= 15 is 0 Å². The number of hydrogen-bond donors (Lipinski definition) is 0. The third kappa shape index (κ3) is 4.60. The first-order valence-corrected chi connectivity index (χ1v) is 8.97. The van der Waals surface area contributed by atoms with Gasteiger partial charge >= 0.3 is 5.97 Å². The Balaban J connectivity index is 1.78. The quantitative estimate of drug-likeness (QED) is 0.448. The number of carbonyl (C=O) groups is 2. The molecule has 1 heterocycles. The van der Waals surface area contributed by atoms with Crippen LogP contribution in [0.2, 0.25) is 0 Å². The molecular formula is C24H21NO3. The Hall–Kier alpha value is -3.53. The molecule has 28 heavy (non-hydrogen) atoms. The van der Waals surface area contributed by atoms with Crippen molar-refractivity contribution in [3.63, 3.8) is 0 Å². The van der Waals surface area contributed by atoms with E-state index in [0.717, 1.165) is 16.7 Å². The minimum atomic E-state index is -0.483. The number of allylic oxidation sites excluding steroid dienone is 1. The highest BCUT2D eigenvalue weighted by atomic mass is 16.5. The number of Topliss-reactive ketones (excluding diaryl/α,β-unsaturated/α-hetero) is 1. The molecule has 0 radical (unpaired) electrons. The lowest BCUT2D eigenvalue weighted by Gasteiger charge is -2.09. The summed E-state index contributed by atoms with van der Waals surface area (Å²) in [6.07, 6.45) is 0.127. The minimum absolute atomic E-state index is 0.0507. The lowest BCUT2D eigenvalue weighted by atomic mass is 10.00. The van der Waals surface area contributed by atoms with Gasteiger partial charge in [-0.2, -0.15) is 0 Å². The normalized spacial score (nSPS) is 10.4. The summed E-state index contributed by atoms with van der Waals surface area (Å²) in [6.45, 7) is 7.70. The summed E-state index contributed by atoms with van der Waals surface area (Å²) in [6, 6.07) is 19.5. The summed E-state index contributed by atoms with van der Waals surface area (Å²) < 4.78 is 5.36. The Morgan fingerprint density at radius 1 is 0.929 bits per heavy atom. The van der Waals surface area contributed by atoms with Gasteiger partial charge in [-0.05, 0) is 43.2 Å². The number of rotatable bonds is 6. The number of pyridine rings is 1. The lowest BCUT2D eigenvalue weighted by molar-refractivity contribution is 0.0727. The summed E-state index contributed by atoms with van der Waals surface area (Å²) in [5.74, 6) is -0.355. The largest absolute Gasteiger partial charge is 0.404 e. The van der Waals surface area contributed by atoms with Crippen LogP contribution in [0.25, 0.3) is 5.57 Å². The molecule has 0 spiro atoms. The first-order chi connectivity index (χ1) is 13.4. The zero-order valence-corrected chi connectivity index (χ0v) is 15.9. The molecule has 0 atom stereocenters. The fourth-order valence-corrected chi connectivity index (χ4v) is 2.73. The molecule has 2 aromatic carbocycles. The average molecular weight is 371 g/mol. The van der Waals surface area contributed by atoms with Gasteiger partial charge in [0.05, 0.1) is 17.7 Å². The topological polar surface area (TPSA) is 56.3 Å². The lowest BCUT2D eigenvalue weighted by Crippen LogP contribution is -2.12. The zero-order chi connectivity index (χ0) is 20.1. The van der Waals surface area contributed by atoms with Crippen molar-refractivity contribution in [3.05, 3.63) is 101 Å². The van der Waals surface area contributed by atoms with Crippen molar-refractivity contribution >= 4 is 17.3 Å². The molecule has 0 amide bonds. The van der Waals surface area contributed by atoms with E-state index in [2.05, 4.69) is 11.6 Å². The highest BCUT2D eigenvalue weighted by molar-refractivity contribution is 5.98. The molecule has 4 heteroatoms. The van der Waals surface area contributed by atoms with Gasteiger partial charge in [-0.1, -0.05) is 54.6 Å². The number of hydrogen-bond acceptors (Lipinski definition) is 4. The van der Waals surface area contributed by atoms with Gasteiger partial charge in [-0.15, -0.1) is 0 Å². The fraction of sp³-hybridized carbons (Fsp3) is 0.125. The van der Waals surface area contributed by atoms with Crippen molar-refractivity contribution in [2.75, 3.05) is 0 Å². The van der Waals surface area contributed by atoms with Gasteiger partial charge in [-0.3, -0.25) is 4.79 Å². The first-order valence-electron chi connectivity index (χ1n) is 8.97. The number of aromatic nitrogens is 1. The second-order valence-electron chi connectivity index (χ2n) is 6.63. The maximum Gasteiger partial charge on any atom is 0.344 e. The molecule has 0 fully saturated rings. The predicted octanol–water partition coefficient (Wildman–Crippen LogP) is 5.07. The summed E-state index contributed by atoms with van der Waals surface area (Å²) in [4.78, 5) is 29.3. The second kappa shape index (κ2) is 8.44. The fourth-order valence-electron chi connectivity index (χ4n) is 2.73. The molecule has 0 N–H and O–H groups in total. The highest BCUT2D eigenvalue weighted by Gasteiger charge is 2.14. The van der Waals surface area contributed by atoms with Crippen LogP contribution >= 0.6 is 0 Å². The van der Waals surface area contributed by atoms with Gasteiger partial charge in [0, 0.05) is 11.6 Å². The summed E-state index contributed by atoms with van der Waals surface area (Å²) in [7, 11) is 0. The number of ether oxygens (including phenoxy) is 1.